The summed E-state index contributed by atoms with van der Waals surface area (Å²) in [5.41, 5.74) is 0.613. The Morgan fingerprint density at radius 1 is 1.42 bits per heavy atom. The number of benzene rings is 1. The number of anilines is 1. The Hall–Kier alpha value is -1.50. The van der Waals surface area contributed by atoms with Crippen LogP contribution in [0.1, 0.15) is 34.1 Å². The minimum Gasteiger partial charge on any atom is -0.491 e. The molecule has 134 valence electrons. The van der Waals surface area contributed by atoms with E-state index in [2.05, 4.69) is 22.9 Å². The predicted molar refractivity (Wildman–Crippen MR) is 97.4 cm³/mol. The monoisotopic (exact) mass is 354 g/mol. The van der Waals surface area contributed by atoms with Crippen molar-refractivity contribution in [1.82, 2.24) is 15.5 Å². The van der Waals surface area contributed by atoms with Crippen molar-refractivity contribution in [2.45, 2.75) is 58.1 Å². The van der Waals surface area contributed by atoms with E-state index in [1.54, 1.807) is 0 Å². The zero-order valence-corrected chi connectivity index (χ0v) is 15.4. The molecule has 7 heteroatoms. The molecule has 3 N–H and O–H groups in total. The molecule has 1 aromatic rings. The van der Waals surface area contributed by atoms with Gasteiger partial charge in [0, 0.05) is 11.7 Å². The summed E-state index contributed by atoms with van der Waals surface area (Å²) in [4.78, 5) is 14.3. The van der Waals surface area contributed by atoms with Gasteiger partial charge in [-0.2, -0.15) is 0 Å². The number of rotatable bonds is 5. The molecule has 0 aromatic heterocycles. The summed E-state index contributed by atoms with van der Waals surface area (Å²) in [6, 6.07) is 7.27. The number of ether oxygens (including phenoxy) is 1. The van der Waals surface area contributed by atoms with Gasteiger partial charge in [-0.1, -0.05) is 6.92 Å². The molecule has 1 saturated heterocycles. The number of nitrogens with one attached hydrogen (secondary N) is 3. The van der Waals surface area contributed by atoms with Crippen molar-refractivity contribution in [2.24, 2.45) is 0 Å². The molecular formula is C17H27ClN4O2. The molecule has 2 rings (SSSR count). The summed E-state index contributed by atoms with van der Waals surface area (Å²) in [5, 5.41) is 9.10. The third-order valence-electron chi connectivity index (χ3n) is 3.80. The zero-order valence-electron chi connectivity index (χ0n) is 14.7. The summed E-state index contributed by atoms with van der Waals surface area (Å²) >= 11 is 6.38. The normalized spacial score (nSPS) is 24.7. The van der Waals surface area contributed by atoms with Crippen LogP contribution in [0.3, 0.4) is 0 Å². The molecule has 0 saturated carbocycles. The molecule has 1 aromatic carbocycles. The van der Waals surface area contributed by atoms with Crippen molar-refractivity contribution in [3.05, 3.63) is 24.3 Å². The van der Waals surface area contributed by atoms with Crippen molar-refractivity contribution in [2.75, 3.05) is 11.9 Å². The van der Waals surface area contributed by atoms with Crippen LogP contribution in [-0.2, 0) is 0 Å². The first-order valence-corrected chi connectivity index (χ1v) is 8.82. The van der Waals surface area contributed by atoms with E-state index >= 15 is 0 Å². The Labute approximate surface area is 148 Å². The van der Waals surface area contributed by atoms with Crippen molar-refractivity contribution in [1.29, 1.82) is 0 Å². The van der Waals surface area contributed by atoms with Crippen molar-refractivity contribution in [3.8, 4) is 5.75 Å². The minimum absolute atomic E-state index is 0.0935. The Morgan fingerprint density at radius 2 is 2.08 bits per heavy atom. The number of halogens is 1. The Kier molecular flexibility index (Phi) is 6.71. The maximum atomic E-state index is 12.3. The fraction of sp³-hybridized carbons (Fsp3) is 0.588. The molecule has 2 amide bonds. The molecule has 0 aliphatic carbocycles. The maximum Gasteiger partial charge on any atom is 0.321 e. The second-order valence-corrected chi connectivity index (χ2v) is 6.76. The average Bonchev–Trinajstić information content (AvgIpc) is 2.48. The lowest BCUT2D eigenvalue weighted by atomic mass is 10.2. The van der Waals surface area contributed by atoms with Gasteiger partial charge in [0.25, 0.3) is 0 Å². The quantitative estimate of drug-likeness (QED) is 0.561. The van der Waals surface area contributed by atoms with Crippen molar-refractivity contribution in [3.63, 3.8) is 0 Å². The molecule has 1 heterocycles. The lowest BCUT2D eigenvalue weighted by Crippen LogP contribution is -2.65. The van der Waals surface area contributed by atoms with Crippen LogP contribution < -0.4 is 20.7 Å². The number of carbonyl (C=O) groups is 1. The largest absolute Gasteiger partial charge is 0.491 e. The summed E-state index contributed by atoms with van der Waals surface area (Å²) in [6.07, 6.45) is 0.673. The first kappa shape index (κ1) is 18.8. The van der Waals surface area contributed by atoms with Crippen LogP contribution in [0.4, 0.5) is 10.5 Å². The molecule has 1 fully saturated rings. The third kappa shape index (κ3) is 5.26. The summed E-state index contributed by atoms with van der Waals surface area (Å²) in [6.45, 7) is 8.78. The minimum atomic E-state index is -0.287. The number of hydrogen-bond acceptors (Lipinski definition) is 4. The van der Waals surface area contributed by atoms with Crippen LogP contribution >= 0.6 is 11.6 Å². The van der Waals surface area contributed by atoms with Crippen molar-refractivity contribution >= 4 is 23.3 Å². The third-order valence-corrected chi connectivity index (χ3v) is 4.23. The molecule has 0 spiro atoms. The maximum absolute atomic E-state index is 12.3. The standard InChI is InChI=1S/C17H27ClN4O2/c1-5-22-15(18)10-12(4)19-16(22)21-17(23)20-13-6-8-14(9-7-13)24-11(2)3/h6-9,11-12,15-16,19H,5,10H2,1-4H3,(H2,20,21,23). The van der Waals surface area contributed by atoms with Gasteiger partial charge >= 0.3 is 6.03 Å². The van der Waals surface area contributed by atoms with Crippen LogP contribution in [0, 0.1) is 0 Å². The lowest BCUT2D eigenvalue weighted by Gasteiger charge is -2.42. The number of urea groups is 1. The van der Waals surface area contributed by atoms with E-state index in [1.165, 1.54) is 0 Å². The van der Waals surface area contributed by atoms with Gasteiger partial charge in [-0.3, -0.25) is 10.2 Å². The van der Waals surface area contributed by atoms with E-state index in [4.69, 9.17) is 16.3 Å². The van der Waals surface area contributed by atoms with Gasteiger partial charge in [0.15, 0.2) is 0 Å². The highest BCUT2D eigenvalue weighted by molar-refractivity contribution is 6.20. The molecule has 1 aliphatic heterocycles. The fourth-order valence-corrected chi connectivity index (χ4v) is 3.23. The summed E-state index contributed by atoms with van der Waals surface area (Å²) < 4.78 is 5.59. The number of amides is 2. The molecule has 6 nitrogen and oxygen atoms in total. The highest BCUT2D eigenvalue weighted by atomic mass is 35.5. The van der Waals surface area contributed by atoms with Gasteiger partial charge in [-0.15, -0.1) is 11.6 Å². The Bertz CT molecular complexity index is 538. The van der Waals surface area contributed by atoms with E-state index in [9.17, 15) is 4.79 Å². The van der Waals surface area contributed by atoms with Gasteiger partial charge in [-0.05, 0) is 58.0 Å². The van der Waals surface area contributed by atoms with Crippen LogP contribution in [0.5, 0.6) is 5.75 Å². The van der Waals surface area contributed by atoms with E-state index in [0.29, 0.717) is 5.69 Å². The van der Waals surface area contributed by atoms with E-state index in [0.717, 1.165) is 18.7 Å². The van der Waals surface area contributed by atoms with Crippen LogP contribution in [-0.4, -0.2) is 41.4 Å². The fourth-order valence-electron chi connectivity index (χ4n) is 2.71. The highest BCUT2D eigenvalue weighted by Crippen LogP contribution is 2.19. The van der Waals surface area contributed by atoms with E-state index in [-0.39, 0.29) is 30.0 Å². The van der Waals surface area contributed by atoms with E-state index in [1.807, 2.05) is 49.9 Å². The SMILES string of the molecule is CCN1C(Cl)CC(C)NC1NC(=O)Nc1ccc(OC(C)C)cc1. The average molecular weight is 355 g/mol. The first-order chi connectivity index (χ1) is 11.4. The number of carbonyl (C=O) groups excluding carboxylic acids is 1. The summed E-state index contributed by atoms with van der Waals surface area (Å²) in [7, 11) is 0. The second kappa shape index (κ2) is 8.55. The smallest absolute Gasteiger partial charge is 0.321 e. The molecule has 0 radical (unpaired) electrons. The predicted octanol–water partition coefficient (Wildman–Crippen LogP) is 3.15. The highest BCUT2D eigenvalue weighted by Gasteiger charge is 2.32. The van der Waals surface area contributed by atoms with Crippen LogP contribution in [0.25, 0.3) is 0 Å². The second-order valence-electron chi connectivity index (χ2n) is 6.26. The number of nitrogens with zero attached hydrogens (tertiary/aromatic N) is 1. The lowest BCUT2D eigenvalue weighted by molar-refractivity contribution is 0.0775. The number of alkyl halides is 1. The van der Waals surface area contributed by atoms with E-state index < -0.39 is 0 Å². The summed E-state index contributed by atoms with van der Waals surface area (Å²) in [5.74, 6) is 0.779. The van der Waals surface area contributed by atoms with Crippen molar-refractivity contribution < 1.29 is 9.53 Å². The van der Waals surface area contributed by atoms with Gasteiger partial charge < -0.3 is 15.4 Å². The first-order valence-electron chi connectivity index (χ1n) is 8.39. The van der Waals surface area contributed by atoms with Gasteiger partial charge in [0.1, 0.15) is 12.0 Å². The molecular weight excluding hydrogens is 328 g/mol. The topological polar surface area (TPSA) is 65.6 Å². The number of hydrogen-bond donors (Lipinski definition) is 3. The Balaban J connectivity index is 1.92. The molecule has 24 heavy (non-hydrogen) atoms. The zero-order chi connectivity index (χ0) is 17.7. The molecule has 0 bridgehead atoms. The van der Waals surface area contributed by atoms with Gasteiger partial charge in [0.2, 0.25) is 0 Å². The van der Waals surface area contributed by atoms with Gasteiger partial charge in [0.05, 0.1) is 11.6 Å². The van der Waals surface area contributed by atoms with Gasteiger partial charge in [-0.25, -0.2) is 4.79 Å². The molecule has 3 unspecified atom stereocenters. The molecule has 1 aliphatic rings. The molecule has 3 atom stereocenters. The Morgan fingerprint density at radius 3 is 2.67 bits per heavy atom. The van der Waals surface area contributed by atoms with Crippen LogP contribution in [0.15, 0.2) is 24.3 Å². The van der Waals surface area contributed by atoms with Crippen LogP contribution in [0.2, 0.25) is 0 Å².